The standard InChI is InChI=1S/C13H13N3O2/c1-8-4-5-10(9(2)16-8)12(17)11-13(18-3)15-7-6-14-11/h4-7H,1-3H3. The van der Waals surface area contributed by atoms with Gasteiger partial charge < -0.3 is 4.74 Å². The molecule has 0 radical (unpaired) electrons. The Bertz CT molecular complexity index is 597. The van der Waals surface area contributed by atoms with Gasteiger partial charge in [0.05, 0.1) is 7.11 Å². The van der Waals surface area contributed by atoms with Gasteiger partial charge in [0.25, 0.3) is 0 Å². The summed E-state index contributed by atoms with van der Waals surface area (Å²) in [5.41, 5.74) is 2.26. The predicted molar refractivity (Wildman–Crippen MR) is 65.7 cm³/mol. The summed E-state index contributed by atoms with van der Waals surface area (Å²) in [7, 11) is 1.46. The number of carbonyl (C=O) groups excluding carboxylic acids is 1. The lowest BCUT2D eigenvalue weighted by Gasteiger charge is -2.07. The van der Waals surface area contributed by atoms with Crippen molar-refractivity contribution in [2.75, 3.05) is 7.11 Å². The number of aryl methyl sites for hydroxylation is 2. The summed E-state index contributed by atoms with van der Waals surface area (Å²) in [6, 6.07) is 3.54. The van der Waals surface area contributed by atoms with Crippen molar-refractivity contribution >= 4 is 5.78 Å². The Morgan fingerprint density at radius 1 is 1.17 bits per heavy atom. The molecule has 0 spiro atoms. The molecule has 92 valence electrons. The van der Waals surface area contributed by atoms with Crippen molar-refractivity contribution in [3.05, 3.63) is 47.2 Å². The largest absolute Gasteiger partial charge is 0.479 e. The van der Waals surface area contributed by atoms with Gasteiger partial charge in [-0.25, -0.2) is 9.97 Å². The molecule has 0 aliphatic carbocycles. The quantitative estimate of drug-likeness (QED) is 0.768. The first kappa shape index (κ1) is 12.2. The molecule has 5 nitrogen and oxygen atoms in total. The third kappa shape index (κ3) is 2.20. The molecule has 2 heterocycles. The number of methoxy groups -OCH3 is 1. The second-order valence-electron chi connectivity index (χ2n) is 3.83. The van der Waals surface area contributed by atoms with Gasteiger partial charge in [-0.2, -0.15) is 0 Å². The van der Waals surface area contributed by atoms with E-state index < -0.39 is 0 Å². The molecule has 0 aromatic carbocycles. The summed E-state index contributed by atoms with van der Waals surface area (Å²) in [5, 5.41) is 0. The fourth-order valence-corrected chi connectivity index (χ4v) is 1.68. The van der Waals surface area contributed by atoms with E-state index in [0.717, 1.165) is 5.69 Å². The summed E-state index contributed by atoms with van der Waals surface area (Å²) in [5.74, 6) is -0.00701. The molecule has 0 saturated carbocycles. The molecule has 18 heavy (non-hydrogen) atoms. The van der Waals surface area contributed by atoms with Crippen molar-refractivity contribution in [2.45, 2.75) is 13.8 Å². The molecule has 0 fully saturated rings. The third-order valence-corrected chi connectivity index (χ3v) is 2.54. The van der Waals surface area contributed by atoms with Crippen molar-refractivity contribution in [1.82, 2.24) is 15.0 Å². The van der Waals surface area contributed by atoms with E-state index in [-0.39, 0.29) is 17.4 Å². The van der Waals surface area contributed by atoms with E-state index in [0.29, 0.717) is 11.3 Å². The predicted octanol–water partition coefficient (Wildman–Crippen LogP) is 1.73. The highest BCUT2D eigenvalue weighted by atomic mass is 16.5. The third-order valence-electron chi connectivity index (χ3n) is 2.54. The monoisotopic (exact) mass is 243 g/mol. The Morgan fingerprint density at radius 3 is 2.56 bits per heavy atom. The molecule has 0 aliphatic heterocycles. The van der Waals surface area contributed by atoms with E-state index in [9.17, 15) is 4.79 Å². The summed E-state index contributed by atoms with van der Waals surface area (Å²) in [6.45, 7) is 3.67. The van der Waals surface area contributed by atoms with Crippen molar-refractivity contribution in [1.29, 1.82) is 0 Å². The molecule has 2 rings (SSSR count). The Labute approximate surface area is 105 Å². The Balaban J connectivity index is 2.48. The maximum atomic E-state index is 12.3. The van der Waals surface area contributed by atoms with Crippen LogP contribution in [0.4, 0.5) is 0 Å². The molecule has 2 aromatic heterocycles. The zero-order chi connectivity index (χ0) is 13.1. The SMILES string of the molecule is COc1nccnc1C(=O)c1ccc(C)nc1C. The van der Waals surface area contributed by atoms with E-state index in [1.165, 1.54) is 19.5 Å². The summed E-state index contributed by atoms with van der Waals surface area (Å²) < 4.78 is 5.04. The average Bonchev–Trinajstić information content (AvgIpc) is 2.38. The molecule has 2 aromatic rings. The number of hydrogen-bond acceptors (Lipinski definition) is 5. The Kier molecular flexibility index (Phi) is 3.32. The van der Waals surface area contributed by atoms with Crippen LogP contribution >= 0.6 is 0 Å². The smallest absolute Gasteiger partial charge is 0.243 e. The van der Waals surface area contributed by atoms with Crippen molar-refractivity contribution in [3.8, 4) is 5.88 Å². The highest BCUT2D eigenvalue weighted by molar-refractivity contribution is 6.09. The van der Waals surface area contributed by atoms with Gasteiger partial charge in [0, 0.05) is 29.3 Å². The lowest BCUT2D eigenvalue weighted by atomic mass is 10.1. The normalized spacial score (nSPS) is 10.2. The van der Waals surface area contributed by atoms with Gasteiger partial charge >= 0.3 is 0 Å². The van der Waals surface area contributed by atoms with Gasteiger partial charge in [0.15, 0.2) is 5.69 Å². The van der Waals surface area contributed by atoms with Crippen molar-refractivity contribution in [2.24, 2.45) is 0 Å². The maximum absolute atomic E-state index is 12.3. The van der Waals surface area contributed by atoms with E-state index in [1.54, 1.807) is 19.1 Å². The van der Waals surface area contributed by atoms with Crippen LogP contribution < -0.4 is 4.74 Å². The summed E-state index contributed by atoms with van der Waals surface area (Å²) in [4.78, 5) is 24.6. The van der Waals surface area contributed by atoms with Crippen LogP contribution in [0.3, 0.4) is 0 Å². The molecule has 0 aliphatic rings. The average molecular weight is 243 g/mol. The molecule has 0 atom stereocenters. The van der Waals surface area contributed by atoms with Gasteiger partial charge in [-0.3, -0.25) is 9.78 Å². The number of ether oxygens (including phenoxy) is 1. The van der Waals surface area contributed by atoms with Crippen LogP contribution in [0.1, 0.15) is 27.4 Å². The first-order valence-corrected chi connectivity index (χ1v) is 5.47. The van der Waals surface area contributed by atoms with E-state index in [1.807, 2.05) is 6.92 Å². The Hall–Kier alpha value is -2.30. The van der Waals surface area contributed by atoms with E-state index in [2.05, 4.69) is 15.0 Å². The van der Waals surface area contributed by atoms with Gasteiger partial charge in [-0.1, -0.05) is 0 Å². The van der Waals surface area contributed by atoms with Gasteiger partial charge in [-0.05, 0) is 26.0 Å². The fourth-order valence-electron chi connectivity index (χ4n) is 1.68. The van der Waals surface area contributed by atoms with Crippen LogP contribution in [0.5, 0.6) is 5.88 Å². The number of carbonyl (C=O) groups is 1. The number of rotatable bonds is 3. The first-order valence-electron chi connectivity index (χ1n) is 5.47. The van der Waals surface area contributed by atoms with Gasteiger partial charge in [0.1, 0.15) is 0 Å². The lowest BCUT2D eigenvalue weighted by Crippen LogP contribution is -2.10. The molecule has 0 N–H and O–H groups in total. The molecule has 0 amide bonds. The van der Waals surface area contributed by atoms with Crippen LogP contribution in [0.2, 0.25) is 0 Å². The van der Waals surface area contributed by atoms with Gasteiger partial charge in [0.2, 0.25) is 11.7 Å². The molecule has 0 saturated heterocycles. The number of nitrogens with zero attached hydrogens (tertiary/aromatic N) is 3. The molecule has 0 bridgehead atoms. The topological polar surface area (TPSA) is 65.0 Å². The van der Waals surface area contributed by atoms with Crippen molar-refractivity contribution in [3.63, 3.8) is 0 Å². The highest BCUT2D eigenvalue weighted by Crippen LogP contribution is 2.17. The maximum Gasteiger partial charge on any atom is 0.243 e. The van der Waals surface area contributed by atoms with Gasteiger partial charge in [-0.15, -0.1) is 0 Å². The molecule has 5 heteroatoms. The molecular formula is C13H13N3O2. The van der Waals surface area contributed by atoms with Crippen LogP contribution in [0.15, 0.2) is 24.5 Å². The minimum Gasteiger partial charge on any atom is -0.479 e. The van der Waals surface area contributed by atoms with Crippen LogP contribution in [0, 0.1) is 13.8 Å². The fraction of sp³-hybridized carbons (Fsp3) is 0.231. The lowest BCUT2D eigenvalue weighted by molar-refractivity contribution is 0.102. The number of ketones is 1. The summed E-state index contributed by atoms with van der Waals surface area (Å²) in [6.07, 6.45) is 2.95. The summed E-state index contributed by atoms with van der Waals surface area (Å²) >= 11 is 0. The second kappa shape index (κ2) is 4.91. The highest BCUT2D eigenvalue weighted by Gasteiger charge is 2.19. The number of pyridine rings is 1. The minimum atomic E-state index is -0.232. The first-order chi connectivity index (χ1) is 8.63. The van der Waals surface area contributed by atoms with E-state index in [4.69, 9.17) is 4.74 Å². The number of hydrogen-bond donors (Lipinski definition) is 0. The minimum absolute atomic E-state index is 0.203. The van der Waals surface area contributed by atoms with Crippen LogP contribution in [-0.2, 0) is 0 Å². The van der Waals surface area contributed by atoms with Crippen LogP contribution in [-0.4, -0.2) is 27.8 Å². The molecular weight excluding hydrogens is 230 g/mol. The molecule has 0 unspecified atom stereocenters. The Morgan fingerprint density at radius 2 is 1.89 bits per heavy atom. The van der Waals surface area contributed by atoms with Crippen LogP contribution in [0.25, 0.3) is 0 Å². The zero-order valence-electron chi connectivity index (χ0n) is 10.5. The number of aromatic nitrogens is 3. The second-order valence-corrected chi connectivity index (χ2v) is 3.83. The van der Waals surface area contributed by atoms with Crippen molar-refractivity contribution < 1.29 is 9.53 Å². The zero-order valence-corrected chi connectivity index (χ0v) is 10.5. The van der Waals surface area contributed by atoms with E-state index >= 15 is 0 Å².